The molecule has 0 saturated heterocycles. The maximum absolute atomic E-state index is 6.06. The lowest BCUT2D eigenvalue weighted by molar-refractivity contribution is -0.00114. The summed E-state index contributed by atoms with van der Waals surface area (Å²) in [6.45, 7) is 3.09. The van der Waals surface area contributed by atoms with Gasteiger partial charge in [0, 0.05) is 0 Å². The zero-order chi connectivity index (χ0) is 21.2. The van der Waals surface area contributed by atoms with E-state index in [0.717, 1.165) is 28.3 Å². The van der Waals surface area contributed by atoms with E-state index < -0.39 is 0 Å². The van der Waals surface area contributed by atoms with Crippen molar-refractivity contribution in [3.8, 4) is 23.0 Å². The number of ether oxygens (including phenoxy) is 3. The molecule has 0 saturated carbocycles. The molecule has 0 radical (unpaired) electrons. The van der Waals surface area contributed by atoms with Crippen molar-refractivity contribution in [1.82, 2.24) is 25.1 Å². The number of benzene rings is 2. The lowest BCUT2D eigenvalue weighted by Crippen LogP contribution is -2.22. The van der Waals surface area contributed by atoms with Gasteiger partial charge >= 0.3 is 0 Å². The van der Waals surface area contributed by atoms with Crippen molar-refractivity contribution in [2.24, 2.45) is 0 Å². The zero-order valence-corrected chi connectivity index (χ0v) is 17.2. The lowest BCUT2D eigenvalue weighted by atomic mass is 10.1. The summed E-state index contributed by atoms with van der Waals surface area (Å²) in [6, 6.07) is 15.6. The van der Waals surface area contributed by atoms with Crippen LogP contribution in [0.3, 0.4) is 0 Å². The van der Waals surface area contributed by atoms with Crippen LogP contribution in [-0.4, -0.2) is 32.2 Å². The molecule has 3 heterocycles. The highest BCUT2D eigenvalue weighted by Crippen LogP contribution is 2.30. The number of hydrogen-bond acceptors (Lipinski definition) is 8. The monoisotopic (exact) mass is 419 g/mol. The number of rotatable bonds is 6. The molecule has 0 bridgehead atoms. The van der Waals surface area contributed by atoms with Gasteiger partial charge < -0.3 is 18.7 Å². The highest BCUT2D eigenvalue weighted by Gasteiger charge is 2.27. The molecule has 1 aliphatic heterocycles. The topological polar surface area (TPSA) is 97.3 Å². The van der Waals surface area contributed by atoms with E-state index in [1.807, 2.05) is 60.1 Å². The molecule has 0 spiro atoms. The normalized spacial score (nSPS) is 15.5. The molecule has 9 heteroatoms. The summed E-state index contributed by atoms with van der Waals surface area (Å²) in [4.78, 5) is 4.41. The van der Waals surface area contributed by atoms with Gasteiger partial charge in [-0.25, -0.2) is 4.68 Å². The van der Waals surface area contributed by atoms with Crippen LogP contribution in [0, 0.1) is 6.92 Å². The third kappa shape index (κ3) is 3.99. The van der Waals surface area contributed by atoms with Crippen molar-refractivity contribution < 1.29 is 18.7 Å². The molecule has 2 aromatic heterocycles. The molecule has 2 aromatic carbocycles. The van der Waals surface area contributed by atoms with Crippen molar-refractivity contribution in [2.75, 3.05) is 7.11 Å². The van der Waals surface area contributed by atoms with Crippen LogP contribution in [0.5, 0.6) is 11.5 Å². The highest BCUT2D eigenvalue weighted by atomic mass is 16.5. The number of aryl methyl sites for hydroxylation is 1. The summed E-state index contributed by atoms with van der Waals surface area (Å²) in [6.07, 6.45) is -0.114. The van der Waals surface area contributed by atoms with Gasteiger partial charge in [0.25, 0.3) is 5.89 Å². The van der Waals surface area contributed by atoms with E-state index in [1.165, 1.54) is 0 Å². The first-order chi connectivity index (χ1) is 15.2. The Morgan fingerprint density at radius 1 is 1.13 bits per heavy atom. The number of aromatic nitrogens is 5. The second-order valence-electron chi connectivity index (χ2n) is 7.26. The predicted octanol–water partition coefficient (Wildman–Crippen LogP) is 3.50. The summed E-state index contributed by atoms with van der Waals surface area (Å²) >= 11 is 0. The number of hydrogen-bond donors (Lipinski definition) is 0. The smallest absolute Gasteiger partial charge is 0.264 e. The summed E-state index contributed by atoms with van der Waals surface area (Å²) < 4.78 is 24.1. The average Bonchev–Trinajstić information content (AvgIpc) is 3.44. The van der Waals surface area contributed by atoms with Crippen molar-refractivity contribution in [2.45, 2.75) is 32.8 Å². The van der Waals surface area contributed by atoms with Gasteiger partial charge in [0.15, 0.2) is 12.3 Å². The Morgan fingerprint density at radius 2 is 2.00 bits per heavy atom. The summed E-state index contributed by atoms with van der Waals surface area (Å²) in [5.74, 6) is 2.29. The molecule has 0 fully saturated rings. The Kier molecular flexibility index (Phi) is 5.09. The fraction of sp³-hybridized carbons (Fsp3) is 0.273. The first-order valence-corrected chi connectivity index (χ1v) is 9.90. The Labute approximate surface area is 178 Å². The van der Waals surface area contributed by atoms with E-state index in [-0.39, 0.29) is 12.7 Å². The molecule has 0 unspecified atom stereocenters. The molecular formula is C22H21N5O4. The van der Waals surface area contributed by atoms with Crippen LogP contribution in [-0.2, 0) is 24.5 Å². The summed E-state index contributed by atoms with van der Waals surface area (Å²) in [5.41, 5.74) is 3.54. The second kappa shape index (κ2) is 8.19. The van der Waals surface area contributed by atoms with Gasteiger partial charge in [-0.15, -0.1) is 5.10 Å². The average molecular weight is 419 g/mol. The van der Waals surface area contributed by atoms with Crippen LogP contribution in [0.2, 0.25) is 0 Å². The van der Waals surface area contributed by atoms with Gasteiger partial charge in [-0.05, 0) is 42.3 Å². The van der Waals surface area contributed by atoms with Crippen molar-refractivity contribution in [1.29, 1.82) is 0 Å². The van der Waals surface area contributed by atoms with Gasteiger partial charge in [-0.3, -0.25) is 0 Å². The lowest BCUT2D eigenvalue weighted by Gasteiger charge is -2.24. The molecule has 1 aliphatic rings. The Balaban J connectivity index is 1.28. The standard InChI is InChI=1S/C22H21N5O4/c1-14-4-3-5-17(10-14)29-13-20-23-22(25-31-20)21-18-12-30-19(11-27(18)26-24-21)15-6-8-16(28-2)9-7-15/h3-10,19H,11-13H2,1-2H3/t19-/m1/s1. The Hall–Kier alpha value is -3.72. The van der Waals surface area contributed by atoms with Crippen molar-refractivity contribution in [3.63, 3.8) is 0 Å². The van der Waals surface area contributed by atoms with E-state index in [0.29, 0.717) is 30.6 Å². The molecule has 0 aliphatic carbocycles. The van der Waals surface area contributed by atoms with Crippen LogP contribution in [0.25, 0.3) is 11.5 Å². The zero-order valence-electron chi connectivity index (χ0n) is 17.2. The molecule has 1 atom stereocenters. The molecule has 158 valence electrons. The number of methoxy groups -OCH3 is 1. The summed E-state index contributed by atoms with van der Waals surface area (Å²) in [7, 11) is 1.65. The number of fused-ring (bicyclic) bond motifs is 1. The first kappa shape index (κ1) is 19.3. The molecule has 9 nitrogen and oxygen atoms in total. The molecule has 0 N–H and O–H groups in total. The minimum Gasteiger partial charge on any atom is -0.497 e. The van der Waals surface area contributed by atoms with Gasteiger partial charge in [0.05, 0.1) is 26.0 Å². The SMILES string of the molecule is COc1ccc([C@H]2Cn3nnc(-c4noc(COc5cccc(C)c5)n4)c3CO2)cc1. The number of nitrogens with zero attached hydrogens (tertiary/aromatic N) is 5. The van der Waals surface area contributed by atoms with Crippen LogP contribution >= 0.6 is 0 Å². The molecule has 5 rings (SSSR count). The van der Waals surface area contributed by atoms with Gasteiger partial charge in [-0.2, -0.15) is 4.98 Å². The maximum atomic E-state index is 6.06. The molecular weight excluding hydrogens is 398 g/mol. The molecule has 0 amide bonds. The third-order valence-electron chi connectivity index (χ3n) is 5.12. The fourth-order valence-corrected chi connectivity index (χ4v) is 3.47. The van der Waals surface area contributed by atoms with Crippen molar-refractivity contribution >= 4 is 0 Å². The highest BCUT2D eigenvalue weighted by molar-refractivity contribution is 5.51. The Morgan fingerprint density at radius 3 is 2.81 bits per heavy atom. The first-order valence-electron chi connectivity index (χ1n) is 9.90. The second-order valence-corrected chi connectivity index (χ2v) is 7.26. The Bertz CT molecular complexity index is 1180. The minimum atomic E-state index is -0.114. The van der Waals surface area contributed by atoms with E-state index in [2.05, 4.69) is 20.5 Å². The van der Waals surface area contributed by atoms with Crippen LogP contribution < -0.4 is 9.47 Å². The fourth-order valence-electron chi connectivity index (χ4n) is 3.47. The van der Waals surface area contributed by atoms with Gasteiger partial charge in [-0.1, -0.05) is 34.6 Å². The minimum absolute atomic E-state index is 0.114. The van der Waals surface area contributed by atoms with E-state index >= 15 is 0 Å². The third-order valence-corrected chi connectivity index (χ3v) is 5.12. The van der Waals surface area contributed by atoms with E-state index in [4.69, 9.17) is 18.7 Å². The van der Waals surface area contributed by atoms with E-state index in [1.54, 1.807) is 7.11 Å². The van der Waals surface area contributed by atoms with Gasteiger partial charge in [0.2, 0.25) is 5.82 Å². The quantitative estimate of drug-likeness (QED) is 0.468. The van der Waals surface area contributed by atoms with Gasteiger partial charge in [0.1, 0.15) is 17.6 Å². The van der Waals surface area contributed by atoms with Crippen LogP contribution in [0.15, 0.2) is 53.1 Å². The predicted molar refractivity (Wildman–Crippen MR) is 109 cm³/mol. The van der Waals surface area contributed by atoms with E-state index in [9.17, 15) is 0 Å². The molecule has 4 aromatic rings. The largest absolute Gasteiger partial charge is 0.497 e. The maximum Gasteiger partial charge on any atom is 0.264 e. The molecule has 31 heavy (non-hydrogen) atoms. The van der Waals surface area contributed by atoms with Crippen LogP contribution in [0.4, 0.5) is 0 Å². The summed E-state index contributed by atoms with van der Waals surface area (Å²) in [5, 5.41) is 12.6. The van der Waals surface area contributed by atoms with Crippen molar-refractivity contribution in [3.05, 3.63) is 71.2 Å². The van der Waals surface area contributed by atoms with Crippen LogP contribution in [0.1, 0.15) is 28.8 Å².